The number of fused-ring (bicyclic) bond motifs is 1. The number of carboxylic acid groups (broad SMARTS) is 1. The Balaban J connectivity index is 1.93. The lowest BCUT2D eigenvalue weighted by Gasteiger charge is -2.34. The van der Waals surface area contributed by atoms with Crippen LogP contribution in [0, 0.1) is 6.92 Å². The highest BCUT2D eigenvalue weighted by Gasteiger charge is 2.42. The van der Waals surface area contributed by atoms with E-state index in [1.165, 1.54) is 0 Å². The van der Waals surface area contributed by atoms with Gasteiger partial charge in [-0.25, -0.2) is 4.79 Å². The van der Waals surface area contributed by atoms with Gasteiger partial charge in [-0.15, -0.1) is 0 Å². The molecule has 2 N–H and O–H groups in total. The van der Waals surface area contributed by atoms with Crippen LogP contribution in [0.3, 0.4) is 0 Å². The van der Waals surface area contributed by atoms with Crippen LogP contribution in [0.5, 0.6) is 5.75 Å². The molecule has 7 heteroatoms. The first-order valence-corrected chi connectivity index (χ1v) is 8.04. The van der Waals surface area contributed by atoms with E-state index in [1.807, 2.05) is 6.07 Å². The highest BCUT2D eigenvalue weighted by molar-refractivity contribution is 6.01. The monoisotopic (exact) mass is 344 g/mol. The minimum atomic E-state index is -1.30. The Hall–Kier alpha value is -2.67. The van der Waals surface area contributed by atoms with E-state index in [4.69, 9.17) is 9.47 Å². The fraction of sp³-hybridized carbons (Fsp3) is 0.389. The van der Waals surface area contributed by atoms with E-state index in [0.717, 1.165) is 5.39 Å². The summed E-state index contributed by atoms with van der Waals surface area (Å²) in [4.78, 5) is 28.9. The molecule has 0 unspecified atom stereocenters. The van der Waals surface area contributed by atoms with Gasteiger partial charge in [0.25, 0.3) is 5.91 Å². The molecule has 132 valence electrons. The number of aromatic nitrogens is 1. The van der Waals surface area contributed by atoms with E-state index in [9.17, 15) is 14.7 Å². The molecule has 1 aromatic carbocycles. The zero-order valence-corrected chi connectivity index (χ0v) is 14.2. The molecule has 25 heavy (non-hydrogen) atoms. The van der Waals surface area contributed by atoms with Crippen LogP contribution in [0.4, 0.5) is 0 Å². The fourth-order valence-corrected chi connectivity index (χ4v) is 3.00. The molecular weight excluding hydrogens is 324 g/mol. The second-order valence-corrected chi connectivity index (χ2v) is 6.13. The van der Waals surface area contributed by atoms with Crippen LogP contribution in [0.2, 0.25) is 0 Å². The molecule has 2 heterocycles. The number of hydrogen-bond acceptors (Lipinski definition) is 5. The molecule has 1 amide bonds. The molecule has 7 nitrogen and oxygen atoms in total. The van der Waals surface area contributed by atoms with Crippen LogP contribution < -0.4 is 10.1 Å². The Kier molecular flexibility index (Phi) is 4.59. The van der Waals surface area contributed by atoms with Gasteiger partial charge in [-0.2, -0.15) is 0 Å². The van der Waals surface area contributed by atoms with Gasteiger partial charge in [0.05, 0.1) is 23.9 Å². The van der Waals surface area contributed by atoms with Crippen LogP contribution in [-0.4, -0.2) is 47.8 Å². The first-order valence-electron chi connectivity index (χ1n) is 8.04. The van der Waals surface area contributed by atoms with Gasteiger partial charge in [0.15, 0.2) is 0 Å². The van der Waals surface area contributed by atoms with E-state index in [-0.39, 0.29) is 12.8 Å². The van der Waals surface area contributed by atoms with Crippen LogP contribution >= 0.6 is 0 Å². The Bertz CT molecular complexity index is 828. The average Bonchev–Trinajstić information content (AvgIpc) is 2.61. The third kappa shape index (κ3) is 3.28. The SMILES string of the molecule is COc1ccc2cc(C(=O)NC3(C(=O)O)CCOCC3)c(C)nc2c1. The number of carbonyl (C=O) groups is 2. The molecular formula is C18H20N2O5. The van der Waals surface area contributed by atoms with Crippen molar-refractivity contribution in [3.8, 4) is 5.75 Å². The van der Waals surface area contributed by atoms with Crippen molar-refractivity contribution < 1.29 is 24.2 Å². The van der Waals surface area contributed by atoms with E-state index in [2.05, 4.69) is 10.3 Å². The van der Waals surface area contributed by atoms with Crippen LogP contribution in [-0.2, 0) is 9.53 Å². The maximum absolute atomic E-state index is 12.7. The van der Waals surface area contributed by atoms with E-state index >= 15 is 0 Å². The largest absolute Gasteiger partial charge is 0.497 e. The number of nitrogens with one attached hydrogen (secondary N) is 1. The molecule has 1 aromatic heterocycles. The van der Waals surface area contributed by atoms with E-state index < -0.39 is 17.4 Å². The quantitative estimate of drug-likeness (QED) is 0.879. The molecule has 2 aromatic rings. The minimum absolute atomic E-state index is 0.241. The summed E-state index contributed by atoms with van der Waals surface area (Å²) in [7, 11) is 1.58. The number of methoxy groups -OCH3 is 1. The third-order valence-electron chi connectivity index (χ3n) is 4.57. The number of amides is 1. The summed E-state index contributed by atoms with van der Waals surface area (Å²) < 4.78 is 10.4. The van der Waals surface area contributed by atoms with Gasteiger partial charge in [-0.05, 0) is 25.1 Å². The van der Waals surface area contributed by atoms with Gasteiger partial charge in [-0.3, -0.25) is 9.78 Å². The predicted octanol–water partition coefficient (Wildman–Crippen LogP) is 1.92. The third-order valence-corrected chi connectivity index (χ3v) is 4.57. The maximum atomic E-state index is 12.7. The zero-order valence-electron chi connectivity index (χ0n) is 14.2. The Morgan fingerprint density at radius 1 is 1.28 bits per heavy atom. The number of aryl methyl sites for hydroxylation is 1. The zero-order chi connectivity index (χ0) is 18.0. The smallest absolute Gasteiger partial charge is 0.329 e. The lowest BCUT2D eigenvalue weighted by molar-refractivity contribution is -0.148. The molecule has 1 aliphatic rings. The molecule has 0 bridgehead atoms. The van der Waals surface area contributed by atoms with Gasteiger partial charge in [-0.1, -0.05) is 0 Å². The molecule has 1 saturated heterocycles. The van der Waals surface area contributed by atoms with Crippen molar-refractivity contribution in [2.24, 2.45) is 0 Å². The van der Waals surface area contributed by atoms with Crippen molar-refractivity contribution >= 4 is 22.8 Å². The van der Waals surface area contributed by atoms with Gasteiger partial charge in [0.2, 0.25) is 0 Å². The molecule has 0 aliphatic carbocycles. The number of carboxylic acids is 1. The van der Waals surface area contributed by atoms with Crippen LogP contribution in [0.25, 0.3) is 10.9 Å². The van der Waals surface area contributed by atoms with Crippen molar-refractivity contribution in [1.29, 1.82) is 0 Å². The van der Waals surface area contributed by atoms with Crippen LogP contribution in [0.1, 0.15) is 28.9 Å². The minimum Gasteiger partial charge on any atom is -0.497 e. The number of nitrogens with zero attached hydrogens (tertiary/aromatic N) is 1. The molecule has 3 rings (SSSR count). The molecule has 0 radical (unpaired) electrons. The topological polar surface area (TPSA) is 97.8 Å². The lowest BCUT2D eigenvalue weighted by Crippen LogP contribution is -2.57. The predicted molar refractivity (Wildman–Crippen MR) is 90.9 cm³/mol. The summed E-state index contributed by atoms with van der Waals surface area (Å²) in [5.74, 6) is -0.795. The fourth-order valence-electron chi connectivity index (χ4n) is 3.00. The molecule has 0 saturated carbocycles. The van der Waals surface area contributed by atoms with Crippen LogP contribution in [0.15, 0.2) is 24.3 Å². The van der Waals surface area contributed by atoms with Crippen molar-refractivity contribution in [3.05, 3.63) is 35.5 Å². The number of aliphatic carboxylic acids is 1. The summed E-state index contributed by atoms with van der Waals surface area (Å²) >= 11 is 0. The normalized spacial score (nSPS) is 16.4. The highest BCUT2D eigenvalue weighted by atomic mass is 16.5. The van der Waals surface area contributed by atoms with Crippen molar-refractivity contribution in [3.63, 3.8) is 0 Å². The maximum Gasteiger partial charge on any atom is 0.329 e. The number of hydrogen-bond donors (Lipinski definition) is 2. The van der Waals surface area contributed by atoms with Crippen molar-refractivity contribution in [1.82, 2.24) is 10.3 Å². The number of ether oxygens (including phenoxy) is 2. The lowest BCUT2D eigenvalue weighted by atomic mass is 9.89. The first kappa shape index (κ1) is 17.2. The standard InChI is InChI=1S/C18H20N2O5/c1-11-14(9-12-3-4-13(24-2)10-15(12)19-11)16(21)20-18(17(22)23)5-7-25-8-6-18/h3-4,9-10H,5-8H2,1-2H3,(H,20,21)(H,22,23). The molecule has 0 spiro atoms. The average molecular weight is 344 g/mol. The summed E-state index contributed by atoms with van der Waals surface area (Å²) in [6.07, 6.45) is 0.483. The summed E-state index contributed by atoms with van der Waals surface area (Å²) in [6.45, 7) is 2.34. The summed E-state index contributed by atoms with van der Waals surface area (Å²) in [5.41, 5.74) is 0.319. The van der Waals surface area contributed by atoms with Gasteiger partial charge >= 0.3 is 5.97 Å². The van der Waals surface area contributed by atoms with E-state index in [1.54, 1.807) is 32.2 Å². The van der Waals surface area contributed by atoms with Crippen molar-refractivity contribution in [2.75, 3.05) is 20.3 Å². The van der Waals surface area contributed by atoms with Gasteiger partial charge < -0.3 is 19.9 Å². The summed E-state index contributed by atoms with van der Waals surface area (Å²) in [5, 5.41) is 13.1. The van der Waals surface area contributed by atoms with Crippen molar-refractivity contribution in [2.45, 2.75) is 25.3 Å². The summed E-state index contributed by atoms with van der Waals surface area (Å²) in [6, 6.07) is 7.12. The molecule has 1 aliphatic heterocycles. The number of benzene rings is 1. The second-order valence-electron chi connectivity index (χ2n) is 6.13. The second kappa shape index (κ2) is 6.68. The molecule has 0 atom stereocenters. The number of rotatable bonds is 4. The molecule has 1 fully saturated rings. The number of carbonyl (C=O) groups excluding carboxylic acids is 1. The number of pyridine rings is 1. The first-order chi connectivity index (χ1) is 11.9. The Labute approximate surface area is 145 Å². The van der Waals surface area contributed by atoms with Gasteiger partial charge in [0, 0.05) is 37.5 Å². The Morgan fingerprint density at radius 2 is 2.00 bits per heavy atom. The highest BCUT2D eigenvalue weighted by Crippen LogP contribution is 2.24. The van der Waals surface area contributed by atoms with Gasteiger partial charge in [0.1, 0.15) is 11.3 Å². The Morgan fingerprint density at radius 3 is 2.64 bits per heavy atom. The van der Waals surface area contributed by atoms with E-state index in [0.29, 0.717) is 35.7 Å².